The molecule has 1 aromatic carbocycles. The molecule has 0 atom stereocenters. The second-order valence-electron chi connectivity index (χ2n) is 5.11. The molecule has 130 valence electrons. The van der Waals surface area contributed by atoms with Crippen molar-refractivity contribution in [2.24, 2.45) is 0 Å². The Bertz CT molecular complexity index is 776. The van der Waals surface area contributed by atoms with Gasteiger partial charge < -0.3 is 14.8 Å². The van der Waals surface area contributed by atoms with Gasteiger partial charge in [0, 0.05) is 13.7 Å². The van der Waals surface area contributed by atoms with Crippen molar-refractivity contribution >= 4 is 21.5 Å². The highest BCUT2D eigenvalue weighted by Crippen LogP contribution is 2.26. The highest BCUT2D eigenvalue weighted by atomic mass is 32.2. The summed E-state index contributed by atoms with van der Waals surface area (Å²) in [5.41, 5.74) is 1.20. The summed E-state index contributed by atoms with van der Waals surface area (Å²) in [5, 5.41) is 3.06. The van der Waals surface area contributed by atoms with Gasteiger partial charge in [-0.3, -0.25) is 4.72 Å². The van der Waals surface area contributed by atoms with E-state index in [0.717, 1.165) is 5.56 Å². The standard InChI is InChI=1S/C16H21N3O4S/c1-12-4-6-14(23-3)15(10-12)24(20,21)19-13-5-7-16(18-11-13)17-8-9-22-2/h4-7,10-11,19H,8-9H2,1-3H3,(H,17,18). The highest BCUT2D eigenvalue weighted by molar-refractivity contribution is 7.92. The van der Waals surface area contributed by atoms with Gasteiger partial charge in [0.05, 0.1) is 25.6 Å². The zero-order valence-corrected chi connectivity index (χ0v) is 14.7. The Morgan fingerprint density at radius 2 is 1.96 bits per heavy atom. The lowest BCUT2D eigenvalue weighted by atomic mass is 10.2. The van der Waals surface area contributed by atoms with E-state index in [1.807, 2.05) is 6.92 Å². The number of methoxy groups -OCH3 is 2. The van der Waals surface area contributed by atoms with E-state index in [0.29, 0.717) is 30.4 Å². The summed E-state index contributed by atoms with van der Waals surface area (Å²) in [6, 6.07) is 8.32. The Morgan fingerprint density at radius 1 is 1.17 bits per heavy atom. The summed E-state index contributed by atoms with van der Waals surface area (Å²) in [6.07, 6.45) is 1.45. The van der Waals surface area contributed by atoms with Crippen LogP contribution in [0.5, 0.6) is 5.75 Å². The molecule has 1 heterocycles. The first-order valence-electron chi connectivity index (χ1n) is 7.32. The maximum Gasteiger partial charge on any atom is 0.265 e. The summed E-state index contributed by atoms with van der Waals surface area (Å²) >= 11 is 0. The van der Waals surface area contributed by atoms with Gasteiger partial charge in [0.25, 0.3) is 10.0 Å². The second-order valence-corrected chi connectivity index (χ2v) is 6.76. The number of benzene rings is 1. The molecule has 0 unspecified atom stereocenters. The fourth-order valence-electron chi connectivity index (χ4n) is 2.04. The topological polar surface area (TPSA) is 89.6 Å². The van der Waals surface area contributed by atoms with Gasteiger partial charge >= 0.3 is 0 Å². The summed E-state index contributed by atoms with van der Waals surface area (Å²) in [5.74, 6) is 0.932. The predicted molar refractivity (Wildman–Crippen MR) is 93.1 cm³/mol. The van der Waals surface area contributed by atoms with Crippen molar-refractivity contribution in [3.8, 4) is 5.75 Å². The lowest BCUT2D eigenvalue weighted by Gasteiger charge is -2.12. The number of nitrogens with one attached hydrogen (secondary N) is 2. The molecule has 1 aromatic heterocycles. The average Bonchev–Trinajstić information content (AvgIpc) is 2.56. The number of anilines is 2. The number of hydrogen-bond acceptors (Lipinski definition) is 6. The van der Waals surface area contributed by atoms with Crippen LogP contribution in [0, 0.1) is 6.92 Å². The molecule has 0 saturated carbocycles. The van der Waals surface area contributed by atoms with Crippen LogP contribution in [0.2, 0.25) is 0 Å². The Kier molecular flexibility index (Phi) is 5.99. The summed E-state index contributed by atoms with van der Waals surface area (Å²) in [4.78, 5) is 4.25. The zero-order valence-electron chi connectivity index (χ0n) is 13.9. The number of hydrogen-bond donors (Lipinski definition) is 2. The summed E-state index contributed by atoms with van der Waals surface area (Å²) in [6.45, 7) is 3.00. The van der Waals surface area contributed by atoms with Crippen LogP contribution in [0.4, 0.5) is 11.5 Å². The number of ether oxygens (including phenoxy) is 2. The molecule has 2 aromatic rings. The molecule has 0 aliphatic rings. The van der Waals surface area contributed by atoms with E-state index in [2.05, 4.69) is 15.0 Å². The predicted octanol–water partition coefficient (Wildman–Crippen LogP) is 2.26. The Morgan fingerprint density at radius 3 is 2.58 bits per heavy atom. The largest absolute Gasteiger partial charge is 0.495 e. The van der Waals surface area contributed by atoms with Gasteiger partial charge in [-0.15, -0.1) is 0 Å². The molecule has 0 saturated heterocycles. The van der Waals surface area contributed by atoms with E-state index in [1.165, 1.54) is 13.3 Å². The molecular weight excluding hydrogens is 330 g/mol. The second kappa shape index (κ2) is 7.98. The van der Waals surface area contributed by atoms with E-state index in [-0.39, 0.29) is 4.90 Å². The Labute approximate surface area is 142 Å². The number of pyridine rings is 1. The van der Waals surface area contributed by atoms with Crippen molar-refractivity contribution in [2.75, 3.05) is 37.4 Å². The van der Waals surface area contributed by atoms with Crippen molar-refractivity contribution in [1.82, 2.24) is 4.98 Å². The summed E-state index contributed by atoms with van der Waals surface area (Å²) < 4.78 is 37.7. The molecule has 2 rings (SSSR count). The SMILES string of the molecule is COCCNc1ccc(NS(=O)(=O)c2cc(C)ccc2OC)cn1. The van der Waals surface area contributed by atoms with Crippen molar-refractivity contribution in [2.45, 2.75) is 11.8 Å². The molecule has 24 heavy (non-hydrogen) atoms. The maximum atomic E-state index is 12.6. The first kappa shape index (κ1) is 18.0. The molecule has 8 heteroatoms. The maximum absolute atomic E-state index is 12.6. The molecule has 0 fully saturated rings. The van der Waals surface area contributed by atoms with Crippen LogP contribution in [0.3, 0.4) is 0 Å². The van der Waals surface area contributed by atoms with Gasteiger partial charge in [-0.05, 0) is 36.8 Å². The van der Waals surface area contributed by atoms with Crippen LogP contribution >= 0.6 is 0 Å². The molecule has 0 amide bonds. The lowest BCUT2D eigenvalue weighted by Crippen LogP contribution is -2.15. The third-order valence-corrected chi connectivity index (χ3v) is 4.64. The van der Waals surface area contributed by atoms with E-state index >= 15 is 0 Å². The van der Waals surface area contributed by atoms with Crippen LogP contribution in [-0.4, -0.2) is 40.8 Å². The molecule has 0 radical (unpaired) electrons. The molecule has 0 spiro atoms. The smallest absolute Gasteiger partial charge is 0.265 e. The van der Waals surface area contributed by atoms with Crippen molar-refractivity contribution in [3.05, 3.63) is 42.1 Å². The van der Waals surface area contributed by atoms with Gasteiger partial charge in [0.15, 0.2) is 0 Å². The fourth-order valence-corrected chi connectivity index (χ4v) is 3.34. The number of aromatic nitrogens is 1. The van der Waals surface area contributed by atoms with Crippen molar-refractivity contribution in [1.29, 1.82) is 0 Å². The minimum atomic E-state index is -3.77. The third kappa shape index (κ3) is 4.59. The fraction of sp³-hybridized carbons (Fsp3) is 0.312. The van der Waals surface area contributed by atoms with Gasteiger partial charge in [-0.25, -0.2) is 13.4 Å². The summed E-state index contributed by atoms with van der Waals surface area (Å²) in [7, 11) is -0.714. The molecule has 7 nitrogen and oxygen atoms in total. The Balaban J connectivity index is 2.16. The van der Waals surface area contributed by atoms with Crippen molar-refractivity contribution < 1.29 is 17.9 Å². The van der Waals surface area contributed by atoms with Gasteiger partial charge in [0.1, 0.15) is 16.5 Å². The Hall–Kier alpha value is -2.32. The van der Waals surface area contributed by atoms with Crippen LogP contribution in [0.25, 0.3) is 0 Å². The lowest BCUT2D eigenvalue weighted by molar-refractivity contribution is 0.210. The zero-order chi connectivity index (χ0) is 17.6. The monoisotopic (exact) mass is 351 g/mol. The average molecular weight is 351 g/mol. The first-order chi connectivity index (χ1) is 11.5. The quantitative estimate of drug-likeness (QED) is 0.709. The van der Waals surface area contributed by atoms with Crippen LogP contribution in [0.1, 0.15) is 5.56 Å². The van der Waals surface area contributed by atoms with E-state index in [9.17, 15) is 8.42 Å². The van der Waals surface area contributed by atoms with Crippen molar-refractivity contribution in [3.63, 3.8) is 0 Å². The number of sulfonamides is 1. The van der Waals surface area contributed by atoms with Crippen LogP contribution in [-0.2, 0) is 14.8 Å². The van der Waals surface area contributed by atoms with Crippen LogP contribution < -0.4 is 14.8 Å². The van der Waals surface area contributed by atoms with E-state index in [4.69, 9.17) is 9.47 Å². The minimum Gasteiger partial charge on any atom is -0.495 e. The van der Waals surface area contributed by atoms with Gasteiger partial charge in [-0.1, -0.05) is 6.07 Å². The van der Waals surface area contributed by atoms with E-state index < -0.39 is 10.0 Å². The molecular formula is C16H21N3O4S. The minimum absolute atomic E-state index is 0.0901. The number of aryl methyl sites for hydroxylation is 1. The molecule has 0 bridgehead atoms. The van der Waals surface area contributed by atoms with Gasteiger partial charge in [-0.2, -0.15) is 0 Å². The van der Waals surface area contributed by atoms with E-state index in [1.54, 1.807) is 37.4 Å². The molecule has 0 aliphatic carbocycles. The molecule has 0 aliphatic heterocycles. The first-order valence-corrected chi connectivity index (χ1v) is 8.81. The highest BCUT2D eigenvalue weighted by Gasteiger charge is 2.20. The third-order valence-electron chi connectivity index (χ3n) is 3.24. The van der Waals surface area contributed by atoms with Crippen LogP contribution in [0.15, 0.2) is 41.4 Å². The number of nitrogens with zero attached hydrogens (tertiary/aromatic N) is 1. The number of rotatable bonds is 8. The molecule has 2 N–H and O–H groups in total. The van der Waals surface area contributed by atoms with Gasteiger partial charge in [0.2, 0.25) is 0 Å². The normalized spacial score (nSPS) is 11.1.